The van der Waals surface area contributed by atoms with Gasteiger partial charge < -0.3 is 9.84 Å². The van der Waals surface area contributed by atoms with Gasteiger partial charge in [0, 0.05) is 0 Å². The van der Waals surface area contributed by atoms with E-state index in [1.165, 1.54) is 19.1 Å². The number of rotatable bonds is 3. The Hall–Kier alpha value is -2.29. The van der Waals surface area contributed by atoms with Gasteiger partial charge in [0.25, 0.3) is 0 Å². The number of carbonyl (C=O) groups excluding carboxylic acids is 1. The monoisotopic (exact) mass is 228 g/mol. The molecule has 0 aliphatic heterocycles. The summed E-state index contributed by atoms with van der Waals surface area (Å²) >= 11 is 0. The SMILES string of the molecule is CC(=O)c1cc(Oc2ccccc2)ccc1O. The van der Waals surface area contributed by atoms with Gasteiger partial charge in [-0.15, -0.1) is 0 Å². The van der Waals surface area contributed by atoms with E-state index in [4.69, 9.17) is 4.74 Å². The van der Waals surface area contributed by atoms with Crippen LogP contribution in [0.15, 0.2) is 48.5 Å². The molecule has 0 fully saturated rings. The minimum atomic E-state index is -0.194. The first-order valence-corrected chi connectivity index (χ1v) is 5.23. The molecule has 86 valence electrons. The summed E-state index contributed by atoms with van der Waals surface area (Å²) in [4.78, 5) is 11.3. The molecule has 0 saturated carbocycles. The number of phenolic OH excluding ortho intramolecular Hbond substituents is 1. The fourth-order valence-corrected chi connectivity index (χ4v) is 1.49. The predicted octanol–water partition coefficient (Wildman–Crippen LogP) is 3.39. The zero-order valence-electron chi connectivity index (χ0n) is 9.38. The molecule has 1 N–H and O–H groups in total. The lowest BCUT2D eigenvalue weighted by Crippen LogP contribution is -1.93. The summed E-state index contributed by atoms with van der Waals surface area (Å²) in [6, 6.07) is 13.9. The highest BCUT2D eigenvalue weighted by molar-refractivity contribution is 5.97. The van der Waals surface area contributed by atoms with Crippen LogP contribution in [0.2, 0.25) is 0 Å². The van der Waals surface area contributed by atoms with Gasteiger partial charge in [-0.05, 0) is 37.3 Å². The molecule has 3 heteroatoms. The van der Waals surface area contributed by atoms with E-state index in [1.54, 1.807) is 6.07 Å². The van der Waals surface area contributed by atoms with E-state index in [0.29, 0.717) is 11.5 Å². The molecule has 17 heavy (non-hydrogen) atoms. The average Bonchev–Trinajstić information content (AvgIpc) is 2.32. The van der Waals surface area contributed by atoms with Crippen LogP contribution in [0.3, 0.4) is 0 Å². The Morgan fingerprint density at radius 2 is 1.76 bits per heavy atom. The van der Waals surface area contributed by atoms with Gasteiger partial charge in [-0.25, -0.2) is 0 Å². The van der Waals surface area contributed by atoms with Crippen molar-refractivity contribution in [3.05, 3.63) is 54.1 Å². The lowest BCUT2D eigenvalue weighted by Gasteiger charge is -2.07. The molecule has 0 atom stereocenters. The quantitative estimate of drug-likeness (QED) is 0.819. The second kappa shape index (κ2) is 4.70. The van der Waals surface area contributed by atoms with Crippen molar-refractivity contribution in [1.82, 2.24) is 0 Å². The molecule has 3 nitrogen and oxygen atoms in total. The Kier molecular flexibility index (Phi) is 3.10. The van der Waals surface area contributed by atoms with Gasteiger partial charge in [0.15, 0.2) is 5.78 Å². The lowest BCUT2D eigenvalue weighted by atomic mass is 10.1. The Balaban J connectivity index is 2.29. The molecule has 0 saturated heterocycles. The van der Waals surface area contributed by atoms with Crippen LogP contribution in [0.25, 0.3) is 0 Å². The van der Waals surface area contributed by atoms with Crippen LogP contribution in [0, 0.1) is 0 Å². The van der Waals surface area contributed by atoms with Crippen LogP contribution in [0.1, 0.15) is 17.3 Å². The number of carbonyl (C=O) groups is 1. The van der Waals surface area contributed by atoms with Gasteiger partial charge in [0.2, 0.25) is 0 Å². The van der Waals surface area contributed by atoms with E-state index < -0.39 is 0 Å². The molecule has 0 spiro atoms. The minimum Gasteiger partial charge on any atom is -0.507 e. The van der Waals surface area contributed by atoms with E-state index in [0.717, 1.165) is 0 Å². The van der Waals surface area contributed by atoms with E-state index >= 15 is 0 Å². The fraction of sp³-hybridized carbons (Fsp3) is 0.0714. The van der Waals surface area contributed by atoms with Crippen molar-refractivity contribution >= 4 is 5.78 Å². The summed E-state index contributed by atoms with van der Waals surface area (Å²) in [5, 5.41) is 9.50. The maximum Gasteiger partial charge on any atom is 0.163 e. The number of para-hydroxylation sites is 1. The first kappa shape index (κ1) is 11.2. The van der Waals surface area contributed by atoms with Crippen LogP contribution < -0.4 is 4.74 Å². The number of benzene rings is 2. The number of hydrogen-bond donors (Lipinski definition) is 1. The van der Waals surface area contributed by atoms with Crippen molar-refractivity contribution in [3.63, 3.8) is 0 Å². The van der Waals surface area contributed by atoms with Crippen molar-refractivity contribution < 1.29 is 14.6 Å². The van der Waals surface area contributed by atoms with E-state index in [2.05, 4.69) is 0 Å². The maximum atomic E-state index is 11.3. The summed E-state index contributed by atoms with van der Waals surface area (Å²) in [5.41, 5.74) is 0.262. The summed E-state index contributed by atoms with van der Waals surface area (Å²) in [7, 11) is 0. The number of phenols is 1. The second-order valence-corrected chi connectivity index (χ2v) is 3.65. The van der Waals surface area contributed by atoms with Crippen molar-refractivity contribution in [2.45, 2.75) is 6.92 Å². The zero-order valence-corrected chi connectivity index (χ0v) is 9.38. The van der Waals surface area contributed by atoms with Crippen LogP contribution in [0.5, 0.6) is 17.2 Å². The molecule has 0 aromatic heterocycles. The molecule has 0 aliphatic carbocycles. The molecular formula is C14H12O3. The predicted molar refractivity (Wildman–Crippen MR) is 64.6 cm³/mol. The number of aromatic hydroxyl groups is 1. The number of ether oxygens (including phenoxy) is 1. The Morgan fingerprint density at radius 3 is 2.41 bits per heavy atom. The number of Topliss-reactive ketones (excluding diaryl/α,β-unsaturated/α-hetero) is 1. The van der Waals surface area contributed by atoms with Crippen LogP contribution >= 0.6 is 0 Å². The third-order valence-electron chi connectivity index (χ3n) is 2.33. The smallest absolute Gasteiger partial charge is 0.163 e. The Bertz CT molecular complexity index is 532. The van der Waals surface area contributed by atoms with Crippen LogP contribution in [-0.4, -0.2) is 10.9 Å². The molecule has 0 heterocycles. The highest BCUT2D eigenvalue weighted by atomic mass is 16.5. The van der Waals surface area contributed by atoms with E-state index in [1.807, 2.05) is 30.3 Å². The van der Waals surface area contributed by atoms with Gasteiger partial charge in [0.1, 0.15) is 17.2 Å². The zero-order chi connectivity index (χ0) is 12.3. The van der Waals surface area contributed by atoms with Gasteiger partial charge >= 0.3 is 0 Å². The largest absolute Gasteiger partial charge is 0.507 e. The van der Waals surface area contributed by atoms with Crippen LogP contribution in [-0.2, 0) is 0 Å². The first-order valence-electron chi connectivity index (χ1n) is 5.23. The molecule has 2 rings (SSSR count). The molecule has 2 aromatic rings. The summed E-state index contributed by atoms with van der Waals surface area (Å²) in [6.45, 7) is 1.40. The normalized spacial score (nSPS) is 9.94. The van der Waals surface area contributed by atoms with Crippen LogP contribution in [0.4, 0.5) is 0 Å². The first-order chi connectivity index (χ1) is 8.16. The Morgan fingerprint density at radius 1 is 1.06 bits per heavy atom. The summed E-state index contributed by atoms with van der Waals surface area (Å²) in [5.74, 6) is 0.991. The highest BCUT2D eigenvalue weighted by Gasteiger charge is 2.08. The second-order valence-electron chi connectivity index (χ2n) is 3.65. The summed E-state index contributed by atoms with van der Waals surface area (Å²) in [6.07, 6.45) is 0. The minimum absolute atomic E-state index is 0.0297. The van der Waals surface area contributed by atoms with Gasteiger partial charge in [-0.3, -0.25) is 4.79 Å². The van der Waals surface area contributed by atoms with E-state index in [9.17, 15) is 9.90 Å². The molecular weight excluding hydrogens is 216 g/mol. The molecule has 0 amide bonds. The third-order valence-corrected chi connectivity index (χ3v) is 2.33. The number of hydrogen-bond acceptors (Lipinski definition) is 3. The van der Waals surface area contributed by atoms with Crippen molar-refractivity contribution in [2.24, 2.45) is 0 Å². The topological polar surface area (TPSA) is 46.5 Å². The fourth-order valence-electron chi connectivity index (χ4n) is 1.49. The maximum absolute atomic E-state index is 11.3. The van der Waals surface area contributed by atoms with Gasteiger partial charge in [-0.1, -0.05) is 18.2 Å². The van der Waals surface area contributed by atoms with E-state index in [-0.39, 0.29) is 17.1 Å². The third kappa shape index (κ3) is 2.64. The summed E-state index contributed by atoms with van der Waals surface area (Å²) < 4.78 is 5.56. The van der Waals surface area contributed by atoms with Crippen molar-refractivity contribution in [1.29, 1.82) is 0 Å². The highest BCUT2D eigenvalue weighted by Crippen LogP contribution is 2.27. The van der Waals surface area contributed by atoms with Gasteiger partial charge in [-0.2, -0.15) is 0 Å². The molecule has 0 radical (unpaired) electrons. The Labute approximate surface area is 99.3 Å². The molecule has 2 aromatic carbocycles. The standard InChI is InChI=1S/C14H12O3/c1-10(15)13-9-12(7-8-14(13)16)17-11-5-3-2-4-6-11/h2-9,16H,1H3. The average molecular weight is 228 g/mol. The van der Waals surface area contributed by atoms with Crippen molar-refractivity contribution in [3.8, 4) is 17.2 Å². The molecule has 0 bridgehead atoms. The molecule has 0 aliphatic rings. The lowest BCUT2D eigenvalue weighted by molar-refractivity contribution is 0.101. The van der Waals surface area contributed by atoms with Gasteiger partial charge in [0.05, 0.1) is 5.56 Å². The molecule has 0 unspecified atom stereocenters. The number of ketones is 1. The van der Waals surface area contributed by atoms with Crippen molar-refractivity contribution in [2.75, 3.05) is 0 Å².